The monoisotopic (exact) mass is 325 g/mol. The third-order valence-corrected chi connectivity index (χ3v) is 3.66. The van der Waals surface area contributed by atoms with Gasteiger partial charge in [-0.2, -0.15) is 5.10 Å². The lowest BCUT2D eigenvalue weighted by molar-refractivity contribution is -0.384. The summed E-state index contributed by atoms with van der Waals surface area (Å²) in [5, 5.41) is 18.0. The van der Waals surface area contributed by atoms with E-state index in [1.54, 1.807) is 12.1 Å². The molecule has 1 aliphatic heterocycles. The highest BCUT2D eigenvalue weighted by Gasteiger charge is 2.11. The smallest absolute Gasteiger partial charge is 0.269 e. The summed E-state index contributed by atoms with van der Waals surface area (Å²) in [7, 11) is 0. The molecule has 0 spiro atoms. The molecule has 1 aromatic carbocycles. The molecule has 0 N–H and O–H groups in total. The minimum absolute atomic E-state index is 0.107. The second-order valence-electron chi connectivity index (χ2n) is 4.50. The molecule has 0 aromatic heterocycles. The number of non-ortho nitro benzene ring substituents is 1. The van der Waals surface area contributed by atoms with E-state index in [9.17, 15) is 10.1 Å². The maximum atomic E-state index is 10.6. The van der Waals surface area contributed by atoms with Crippen LogP contribution in [0.25, 0.3) is 0 Å². The Morgan fingerprint density at radius 2 is 1.89 bits per heavy atom. The zero-order chi connectivity index (χ0) is 13.7. The highest BCUT2D eigenvalue weighted by atomic mass is 79.9. The lowest BCUT2D eigenvalue weighted by Gasteiger charge is -2.24. The van der Waals surface area contributed by atoms with E-state index in [4.69, 9.17) is 0 Å². The molecule has 1 aromatic rings. The lowest BCUT2D eigenvalue weighted by Crippen LogP contribution is -2.26. The van der Waals surface area contributed by atoms with Crippen molar-refractivity contribution in [1.29, 1.82) is 0 Å². The summed E-state index contributed by atoms with van der Waals surface area (Å²) in [6.45, 7) is 1.98. The third kappa shape index (κ3) is 3.76. The van der Waals surface area contributed by atoms with Crippen molar-refractivity contribution in [1.82, 2.24) is 5.01 Å². The Kier molecular flexibility index (Phi) is 4.90. The molecule has 0 atom stereocenters. The van der Waals surface area contributed by atoms with Gasteiger partial charge in [0.25, 0.3) is 5.69 Å². The predicted molar refractivity (Wildman–Crippen MR) is 78.9 cm³/mol. The summed E-state index contributed by atoms with van der Waals surface area (Å²) in [4.78, 5) is 10.2. The maximum Gasteiger partial charge on any atom is 0.269 e. The van der Waals surface area contributed by atoms with E-state index in [0.29, 0.717) is 5.33 Å². The normalized spacial score (nSPS) is 16.5. The molecule has 1 saturated heterocycles. The van der Waals surface area contributed by atoms with Crippen molar-refractivity contribution < 1.29 is 4.92 Å². The number of hydrogen-bond donors (Lipinski definition) is 0. The number of piperidine rings is 1. The SMILES string of the molecule is O=[N+]([O-])c1ccc(/C(CBr)=N/N2CCCCC2)cc1. The molecule has 0 radical (unpaired) electrons. The van der Waals surface area contributed by atoms with Gasteiger partial charge in [-0.15, -0.1) is 0 Å². The first-order chi connectivity index (χ1) is 9.20. The van der Waals surface area contributed by atoms with Crippen LogP contribution in [0.5, 0.6) is 0 Å². The molecule has 0 aliphatic carbocycles. The van der Waals surface area contributed by atoms with Crippen LogP contribution < -0.4 is 0 Å². The van der Waals surface area contributed by atoms with Crippen molar-refractivity contribution >= 4 is 27.3 Å². The largest absolute Gasteiger partial charge is 0.297 e. The van der Waals surface area contributed by atoms with Gasteiger partial charge in [-0.25, -0.2) is 0 Å². The van der Waals surface area contributed by atoms with Crippen LogP contribution in [-0.2, 0) is 0 Å². The Bertz CT molecular complexity index is 467. The molecule has 5 nitrogen and oxygen atoms in total. The highest BCUT2D eigenvalue weighted by Crippen LogP contribution is 2.15. The summed E-state index contributed by atoms with van der Waals surface area (Å²) in [5.74, 6) is 0. The molecule has 0 unspecified atom stereocenters. The molecule has 0 bridgehead atoms. The number of halogens is 1. The lowest BCUT2D eigenvalue weighted by atomic mass is 10.1. The third-order valence-electron chi connectivity index (χ3n) is 3.13. The Morgan fingerprint density at radius 1 is 1.26 bits per heavy atom. The molecule has 0 saturated carbocycles. The summed E-state index contributed by atoms with van der Waals surface area (Å²) >= 11 is 3.44. The van der Waals surface area contributed by atoms with Crippen LogP contribution in [0, 0.1) is 10.1 Å². The van der Waals surface area contributed by atoms with Crippen molar-refractivity contribution in [3.63, 3.8) is 0 Å². The highest BCUT2D eigenvalue weighted by molar-refractivity contribution is 9.09. The van der Waals surface area contributed by atoms with E-state index < -0.39 is 0 Å². The first kappa shape index (κ1) is 14.0. The quantitative estimate of drug-likeness (QED) is 0.369. The van der Waals surface area contributed by atoms with E-state index in [2.05, 4.69) is 26.0 Å². The molecule has 102 valence electrons. The van der Waals surface area contributed by atoms with Crippen LogP contribution in [0.2, 0.25) is 0 Å². The Hall–Kier alpha value is -1.43. The van der Waals surface area contributed by atoms with E-state index in [0.717, 1.165) is 24.4 Å². The number of hydrogen-bond acceptors (Lipinski definition) is 4. The van der Waals surface area contributed by atoms with Gasteiger partial charge in [0.15, 0.2) is 0 Å². The topological polar surface area (TPSA) is 58.7 Å². The van der Waals surface area contributed by atoms with Crippen LogP contribution in [-0.4, -0.2) is 34.1 Å². The second-order valence-corrected chi connectivity index (χ2v) is 5.06. The second kappa shape index (κ2) is 6.65. The van der Waals surface area contributed by atoms with Crippen molar-refractivity contribution in [3.8, 4) is 0 Å². The first-order valence-electron chi connectivity index (χ1n) is 6.34. The zero-order valence-corrected chi connectivity index (χ0v) is 12.2. The number of benzene rings is 1. The molecule has 1 aliphatic rings. The molecule has 1 fully saturated rings. The average Bonchev–Trinajstić information content (AvgIpc) is 2.46. The van der Waals surface area contributed by atoms with Gasteiger partial charge < -0.3 is 0 Å². The van der Waals surface area contributed by atoms with Gasteiger partial charge in [0.1, 0.15) is 0 Å². The molecular formula is C13H16BrN3O2. The Morgan fingerprint density at radius 3 is 2.42 bits per heavy atom. The van der Waals surface area contributed by atoms with Gasteiger partial charge in [-0.05, 0) is 37.0 Å². The minimum Gasteiger partial charge on any atom is -0.297 e. The van der Waals surface area contributed by atoms with Gasteiger partial charge in [0.05, 0.1) is 10.6 Å². The molecule has 6 heteroatoms. The van der Waals surface area contributed by atoms with Crippen molar-refractivity contribution in [3.05, 3.63) is 39.9 Å². The Balaban J connectivity index is 2.16. The molecule has 1 heterocycles. The van der Waals surface area contributed by atoms with Crippen LogP contribution >= 0.6 is 15.9 Å². The van der Waals surface area contributed by atoms with Gasteiger partial charge >= 0.3 is 0 Å². The van der Waals surface area contributed by atoms with Crippen LogP contribution in [0.3, 0.4) is 0 Å². The summed E-state index contributed by atoms with van der Waals surface area (Å²) in [6.07, 6.45) is 3.63. The molecule has 0 amide bonds. The van der Waals surface area contributed by atoms with Crippen molar-refractivity contribution in [2.45, 2.75) is 19.3 Å². The molecule has 2 rings (SSSR count). The van der Waals surface area contributed by atoms with Crippen molar-refractivity contribution in [2.75, 3.05) is 18.4 Å². The number of nitro benzene ring substituents is 1. The van der Waals surface area contributed by atoms with Gasteiger partial charge in [0.2, 0.25) is 0 Å². The van der Waals surface area contributed by atoms with E-state index >= 15 is 0 Å². The fourth-order valence-electron chi connectivity index (χ4n) is 2.09. The van der Waals surface area contributed by atoms with Gasteiger partial charge in [0, 0.05) is 30.6 Å². The standard InChI is InChI=1S/C13H16BrN3O2/c14-10-13(15-16-8-2-1-3-9-16)11-4-6-12(7-5-11)17(18)19/h4-7H,1-3,8-10H2/b15-13+. The van der Waals surface area contributed by atoms with Crippen LogP contribution in [0.4, 0.5) is 5.69 Å². The maximum absolute atomic E-state index is 10.6. The molecular weight excluding hydrogens is 310 g/mol. The minimum atomic E-state index is -0.390. The number of alkyl halides is 1. The number of rotatable bonds is 4. The van der Waals surface area contributed by atoms with E-state index in [-0.39, 0.29) is 10.6 Å². The van der Waals surface area contributed by atoms with Crippen molar-refractivity contribution in [2.24, 2.45) is 5.10 Å². The summed E-state index contributed by atoms with van der Waals surface area (Å²) in [6, 6.07) is 6.54. The zero-order valence-electron chi connectivity index (χ0n) is 10.6. The fraction of sp³-hybridized carbons (Fsp3) is 0.462. The Labute approximate surface area is 120 Å². The van der Waals surface area contributed by atoms with Crippen LogP contribution in [0.1, 0.15) is 24.8 Å². The number of hydrazone groups is 1. The number of nitro groups is 1. The van der Waals surface area contributed by atoms with E-state index in [1.807, 2.05) is 0 Å². The predicted octanol–water partition coefficient (Wildman–Crippen LogP) is 3.18. The van der Waals surface area contributed by atoms with Gasteiger partial charge in [-0.3, -0.25) is 15.1 Å². The fourth-order valence-corrected chi connectivity index (χ4v) is 2.52. The molecule has 19 heavy (non-hydrogen) atoms. The number of nitrogens with zero attached hydrogens (tertiary/aromatic N) is 3. The summed E-state index contributed by atoms with van der Waals surface area (Å²) in [5.41, 5.74) is 1.94. The van der Waals surface area contributed by atoms with Crippen LogP contribution in [0.15, 0.2) is 29.4 Å². The summed E-state index contributed by atoms with van der Waals surface area (Å²) < 4.78 is 0. The van der Waals surface area contributed by atoms with E-state index in [1.165, 1.54) is 31.4 Å². The first-order valence-corrected chi connectivity index (χ1v) is 7.46. The average molecular weight is 326 g/mol. The van der Waals surface area contributed by atoms with Gasteiger partial charge in [-0.1, -0.05) is 15.9 Å².